The lowest BCUT2D eigenvalue weighted by atomic mass is 9.97. The third kappa shape index (κ3) is 4.13. The summed E-state index contributed by atoms with van der Waals surface area (Å²) in [6.45, 7) is 6.11. The Balaban J connectivity index is 1.89. The molecule has 0 bridgehead atoms. The number of amides is 3. The number of urea groups is 1. The summed E-state index contributed by atoms with van der Waals surface area (Å²) in [5.74, 6) is -1.56. The summed E-state index contributed by atoms with van der Waals surface area (Å²) in [5.41, 5.74) is 2.46. The van der Waals surface area contributed by atoms with Crippen LogP contribution in [0.3, 0.4) is 0 Å². The molecular formula is C24H23F2N5O2. The normalized spacial score (nSPS) is 12.9. The van der Waals surface area contributed by atoms with Gasteiger partial charge in [0.2, 0.25) is 0 Å². The zero-order valence-electron chi connectivity index (χ0n) is 18.5. The van der Waals surface area contributed by atoms with E-state index in [2.05, 4.69) is 20.6 Å². The predicted molar refractivity (Wildman–Crippen MR) is 120 cm³/mol. The van der Waals surface area contributed by atoms with Gasteiger partial charge in [-0.05, 0) is 50.1 Å². The third-order valence-electron chi connectivity index (χ3n) is 5.38. The maximum atomic E-state index is 14.6. The molecule has 0 saturated heterocycles. The summed E-state index contributed by atoms with van der Waals surface area (Å²) in [5, 5.41) is 5.50. The van der Waals surface area contributed by atoms with Gasteiger partial charge in [0.1, 0.15) is 23.1 Å². The van der Waals surface area contributed by atoms with Crippen molar-refractivity contribution < 1.29 is 18.4 Å². The molecule has 2 heterocycles. The van der Waals surface area contributed by atoms with E-state index in [1.165, 1.54) is 6.07 Å². The molecule has 1 aliphatic heterocycles. The van der Waals surface area contributed by atoms with Gasteiger partial charge in [0.15, 0.2) is 5.82 Å². The van der Waals surface area contributed by atoms with Gasteiger partial charge in [0.05, 0.1) is 12.2 Å². The Kier molecular flexibility index (Phi) is 6.04. The fraction of sp³-hybridized carbons (Fsp3) is 0.250. The number of hydrogen-bond acceptors (Lipinski definition) is 4. The summed E-state index contributed by atoms with van der Waals surface area (Å²) in [6.07, 6.45) is 0.811. The van der Waals surface area contributed by atoms with Gasteiger partial charge < -0.3 is 10.6 Å². The number of fused-ring (bicyclic) bond motifs is 1. The molecule has 1 aliphatic rings. The van der Waals surface area contributed by atoms with Crippen LogP contribution in [0.25, 0.3) is 11.3 Å². The highest BCUT2D eigenvalue weighted by Gasteiger charge is 2.33. The first kappa shape index (κ1) is 22.3. The number of halogens is 2. The van der Waals surface area contributed by atoms with Crippen molar-refractivity contribution in [3.63, 3.8) is 0 Å². The molecule has 2 aromatic carbocycles. The van der Waals surface area contributed by atoms with Crippen LogP contribution in [0.1, 0.15) is 40.7 Å². The molecule has 9 heteroatoms. The van der Waals surface area contributed by atoms with Gasteiger partial charge in [-0.15, -0.1) is 0 Å². The molecule has 3 amide bonds. The van der Waals surface area contributed by atoms with Crippen LogP contribution in [0.5, 0.6) is 0 Å². The second-order valence-electron chi connectivity index (χ2n) is 7.77. The number of aryl methyl sites for hydroxylation is 2. The van der Waals surface area contributed by atoms with Gasteiger partial charge >= 0.3 is 6.03 Å². The topological polar surface area (TPSA) is 87.2 Å². The van der Waals surface area contributed by atoms with E-state index in [1.54, 1.807) is 19.1 Å². The van der Waals surface area contributed by atoms with Crippen molar-refractivity contribution in [2.45, 2.75) is 33.7 Å². The van der Waals surface area contributed by atoms with Crippen LogP contribution >= 0.6 is 0 Å². The lowest BCUT2D eigenvalue weighted by molar-refractivity contribution is 0.0953. The molecule has 170 valence electrons. The predicted octanol–water partition coefficient (Wildman–Crippen LogP) is 4.54. The number of nitrogens with one attached hydrogen (secondary N) is 2. The van der Waals surface area contributed by atoms with Crippen LogP contribution in [0.4, 0.5) is 25.1 Å². The van der Waals surface area contributed by atoms with Gasteiger partial charge in [-0.1, -0.05) is 19.1 Å². The van der Waals surface area contributed by atoms with Crippen molar-refractivity contribution in [3.8, 4) is 11.3 Å². The van der Waals surface area contributed by atoms with Gasteiger partial charge in [0.25, 0.3) is 5.91 Å². The maximum Gasteiger partial charge on any atom is 0.328 e. The van der Waals surface area contributed by atoms with E-state index < -0.39 is 23.4 Å². The number of hydrogen-bond donors (Lipinski definition) is 2. The largest absolute Gasteiger partial charge is 0.352 e. The summed E-state index contributed by atoms with van der Waals surface area (Å²) < 4.78 is 29.2. The van der Waals surface area contributed by atoms with Crippen LogP contribution in [0.2, 0.25) is 0 Å². The highest BCUT2D eigenvalue weighted by atomic mass is 19.1. The van der Waals surface area contributed by atoms with Crippen molar-refractivity contribution in [3.05, 3.63) is 70.5 Å². The first-order valence-corrected chi connectivity index (χ1v) is 10.6. The molecule has 1 aromatic heterocycles. The Morgan fingerprint density at radius 1 is 1.15 bits per heavy atom. The summed E-state index contributed by atoms with van der Waals surface area (Å²) >= 11 is 0. The number of carbonyl (C=O) groups excluding carboxylic acids is 2. The molecule has 0 fully saturated rings. The molecule has 3 aromatic rings. The van der Waals surface area contributed by atoms with Crippen LogP contribution < -0.4 is 15.5 Å². The van der Waals surface area contributed by atoms with Crippen molar-refractivity contribution in [1.29, 1.82) is 0 Å². The Morgan fingerprint density at radius 3 is 2.58 bits per heavy atom. The molecule has 4 rings (SSSR count). The summed E-state index contributed by atoms with van der Waals surface area (Å²) in [4.78, 5) is 35.0. The molecule has 0 spiro atoms. The number of anilines is 2. The number of para-hydroxylation sites is 1. The van der Waals surface area contributed by atoms with Crippen LogP contribution in [-0.4, -0.2) is 28.5 Å². The van der Waals surface area contributed by atoms with Crippen molar-refractivity contribution >= 4 is 23.4 Å². The molecule has 0 atom stereocenters. The number of carbonyl (C=O) groups is 2. The van der Waals surface area contributed by atoms with E-state index in [0.717, 1.165) is 29.0 Å². The maximum absolute atomic E-state index is 14.6. The Hall–Kier alpha value is -3.88. The smallest absolute Gasteiger partial charge is 0.328 e. The van der Waals surface area contributed by atoms with Gasteiger partial charge in [-0.2, -0.15) is 0 Å². The number of aromatic nitrogens is 2. The van der Waals surface area contributed by atoms with Crippen LogP contribution in [0.15, 0.2) is 36.4 Å². The van der Waals surface area contributed by atoms with Crippen molar-refractivity contribution in [2.75, 3.05) is 11.4 Å². The van der Waals surface area contributed by atoms with Gasteiger partial charge in [-0.25, -0.2) is 28.4 Å². The Bertz CT molecular complexity index is 1240. The van der Waals surface area contributed by atoms with E-state index >= 15 is 0 Å². The molecule has 0 radical (unpaired) electrons. The monoisotopic (exact) mass is 451 g/mol. The standard InChI is InChI=1S/C24H23F2N5O2/c1-4-10-27-23(32)15-9-8-13(2)16(11-15)20-17-12-28-24(33)31(22(17)30-14(3)29-20)21-18(25)6-5-7-19(21)26/h5-9,11H,4,10,12H2,1-3H3,(H,27,32)(H,28,33). The van der Waals surface area contributed by atoms with Crippen molar-refractivity contribution in [1.82, 2.24) is 20.6 Å². The van der Waals surface area contributed by atoms with E-state index in [0.29, 0.717) is 34.8 Å². The van der Waals surface area contributed by atoms with E-state index in [1.807, 2.05) is 19.9 Å². The average Bonchev–Trinajstić information content (AvgIpc) is 2.78. The lowest BCUT2D eigenvalue weighted by Crippen LogP contribution is -2.43. The Morgan fingerprint density at radius 2 is 1.88 bits per heavy atom. The number of nitrogens with zero attached hydrogens (tertiary/aromatic N) is 3. The minimum Gasteiger partial charge on any atom is -0.352 e. The van der Waals surface area contributed by atoms with Crippen LogP contribution in [-0.2, 0) is 6.54 Å². The quantitative estimate of drug-likeness (QED) is 0.596. The second-order valence-corrected chi connectivity index (χ2v) is 7.77. The minimum absolute atomic E-state index is 0.0715. The molecule has 0 saturated carbocycles. The van der Waals surface area contributed by atoms with Gasteiger partial charge in [-0.3, -0.25) is 4.79 Å². The summed E-state index contributed by atoms with van der Waals surface area (Å²) in [7, 11) is 0. The molecule has 2 N–H and O–H groups in total. The zero-order chi connectivity index (χ0) is 23.7. The van der Waals surface area contributed by atoms with E-state index in [9.17, 15) is 18.4 Å². The SMILES string of the molecule is CCCNC(=O)c1ccc(C)c(-c2nc(C)nc3c2CNC(=O)N3c2c(F)cccc2F)c1. The zero-order valence-corrected chi connectivity index (χ0v) is 18.5. The van der Waals surface area contributed by atoms with E-state index in [-0.39, 0.29) is 18.3 Å². The molecule has 7 nitrogen and oxygen atoms in total. The second kappa shape index (κ2) is 8.93. The Labute approximate surface area is 189 Å². The first-order valence-electron chi connectivity index (χ1n) is 10.6. The highest BCUT2D eigenvalue weighted by molar-refractivity contribution is 6.02. The minimum atomic E-state index is -0.887. The lowest BCUT2D eigenvalue weighted by Gasteiger charge is -2.30. The number of benzene rings is 2. The fourth-order valence-corrected chi connectivity index (χ4v) is 3.76. The fourth-order valence-electron chi connectivity index (χ4n) is 3.76. The third-order valence-corrected chi connectivity index (χ3v) is 5.38. The molecule has 0 aliphatic carbocycles. The molecule has 33 heavy (non-hydrogen) atoms. The average molecular weight is 451 g/mol. The number of rotatable bonds is 5. The summed E-state index contributed by atoms with van der Waals surface area (Å²) in [6, 6.07) is 7.97. The molecule has 0 unspecified atom stereocenters. The van der Waals surface area contributed by atoms with Crippen molar-refractivity contribution in [2.24, 2.45) is 0 Å². The van der Waals surface area contributed by atoms with E-state index in [4.69, 9.17) is 0 Å². The highest BCUT2D eigenvalue weighted by Crippen LogP contribution is 2.38. The van der Waals surface area contributed by atoms with Crippen LogP contribution in [0, 0.1) is 25.5 Å². The molecular weight excluding hydrogens is 428 g/mol. The van der Waals surface area contributed by atoms with Gasteiger partial charge in [0, 0.05) is 23.2 Å². The first-order chi connectivity index (χ1) is 15.8.